The molecular formula is C88H54O2. The zero-order valence-corrected chi connectivity index (χ0v) is 44.8. The van der Waals surface area contributed by atoms with Crippen LogP contribution in [0.1, 0.15) is 74.0 Å². The van der Waals surface area contributed by atoms with Gasteiger partial charge in [-0.15, -0.1) is 0 Å². The lowest BCUT2D eigenvalue weighted by molar-refractivity contribution is 0.669. The van der Waals surface area contributed by atoms with Gasteiger partial charge in [0.15, 0.2) is 0 Å². The van der Waals surface area contributed by atoms with Crippen LogP contribution in [-0.4, -0.2) is 0 Å². The summed E-state index contributed by atoms with van der Waals surface area (Å²) in [7, 11) is 0. The normalized spacial score (nSPS) is 20.2. The maximum atomic E-state index is 9.73. The van der Waals surface area contributed by atoms with Crippen LogP contribution in [0.3, 0.4) is 0 Å². The van der Waals surface area contributed by atoms with E-state index in [4.69, 9.17) is 55.4 Å². The van der Waals surface area contributed by atoms with Gasteiger partial charge in [0, 0.05) is 21.5 Å². The van der Waals surface area contributed by atoms with Crippen molar-refractivity contribution >= 4 is 119 Å². The predicted molar refractivity (Wildman–Crippen MR) is 383 cm³/mol. The van der Waals surface area contributed by atoms with E-state index >= 15 is 0 Å². The molecule has 17 aromatic carbocycles. The highest BCUT2D eigenvalue weighted by Gasteiger charge is 2.23. The van der Waals surface area contributed by atoms with E-state index in [2.05, 4.69) is 0 Å². The van der Waals surface area contributed by atoms with Crippen LogP contribution in [0.15, 0.2) is 335 Å². The summed E-state index contributed by atoms with van der Waals surface area (Å²) in [6.45, 7) is 0. The standard InChI is InChI=1S/C46H28O.C42H26O/c1-2-11-29(12-3-1)32-21-22-34-26-35(24-23-33(34)25-32)44-36-15-6-8-17-38(36)45(39-18-9-7-16-37(39)44)40-19-10-20-42-46(40)41-27-30-13-4-5-14-31(30)28-43(41)47-42;1-2-12-27(13-3-1)28-16-10-17-31(24-28)40-32-18-6-8-20-34(32)41(35-21-9-7-19-33(35)40)36-22-11-23-38-42(36)37-25-29-14-4-5-15-30(29)26-39(37)43-38/h1-28H;1-26H/i1D,2D,3D,4D,5D,6D,7D,8D,9D,10D,11D,12D,13D,14D,15D,16D,17D,18D,19D,20D,21D,22D,23D,24D,25D,26D,27D,28D;1D,2D,3D,4D,5D,6D,7D,8D,9D,10D,11D,12D,13D,14D,15D,16D,17D,18D,19D,20D,21D,22D,23D,24D,25D,26D. The van der Waals surface area contributed by atoms with E-state index in [-0.39, 0.29) is 0 Å². The number of fused-ring (bicyclic) bond motifs is 13. The highest BCUT2D eigenvalue weighted by atomic mass is 16.3. The lowest BCUT2D eigenvalue weighted by Crippen LogP contribution is -1.91. The molecule has 2 nitrogen and oxygen atoms in total. The first-order valence-electron chi connectivity index (χ1n) is 53.6. The first kappa shape index (κ1) is 20.9. The van der Waals surface area contributed by atoms with Crippen molar-refractivity contribution in [1.82, 2.24) is 0 Å². The van der Waals surface area contributed by atoms with Crippen molar-refractivity contribution in [2.24, 2.45) is 0 Å². The minimum Gasteiger partial charge on any atom is -0.456 e. The van der Waals surface area contributed by atoms with E-state index in [0.717, 1.165) is 0 Å². The van der Waals surface area contributed by atoms with E-state index < -0.39 is 512 Å². The molecule has 0 saturated heterocycles. The number of rotatable bonds is 6. The Morgan fingerprint density at radius 3 is 0.911 bits per heavy atom. The molecule has 19 aromatic rings. The van der Waals surface area contributed by atoms with Crippen LogP contribution in [0.2, 0.25) is 0 Å². The second kappa shape index (κ2) is 21.0. The van der Waals surface area contributed by atoms with Gasteiger partial charge in [0.1, 0.15) is 22.3 Å². The van der Waals surface area contributed by atoms with Gasteiger partial charge in [-0.2, -0.15) is 0 Å². The van der Waals surface area contributed by atoms with Crippen molar-refractivity contribution < 1.29 is 82.9 Å². The summed E-state index contributed by atoms with van der Waals surface area (Å²) in [6, 6.07) is -49.4. The molecule has 0 bridgehead atoms. The van der Waals surface area contributed by atoms with Crippen molar-refractivity contribution in [3.8, 4) is 66.8 Å². The van der Waals surface area contributed by atoms with Crippen LogP contribution in [0, 0.1) is 0 Å². The number of hydrogen-bond acceptors (Lipinski definition) is 2. The first-order chi connectivity index (χ1) is 67.1. The minimum absolute atomic E-state index is 0.473. The Hall–Kier alpha value is -11.8. The van der Waals surface area contributed by atoms with E-state index in [1.165, 1.54) is 0 Å². The Kier molecular flexibility index (Phi) is 4.87. The quantitative estimate of drug-likeness (QED) is 0.155. The number of hydrogen-bond donors (Lipinski definition) is 0. The SMILES string of the molecule is [2H]c1c([2H])c([2H])c(-c2c([2H])c([2H])c([2H])c(-c3c4c([2H])c([2H])c([2H])c([2H])c4c(-c4c([2H])c([2H])c([2H])c5oc6c([2H])c7c([2H])c([2H])c([2H])c([2H])c7c([2H])c6c45)c4c([2H])c([2H])c([2H])c([2H])c34)c2[2H])c([2H])c1[2H].[2H]c1c([2H])c([2H])c(-c2c([2H])c([2H])c3c([2H])c(-c4c5c([2H])c([2H])c([2H])c([2H])c5c(-c5c([2H])c([2H])c([2H])c6oc7c([2H])c8c([2H])c([2H])c([2H])c([2H])c8c([2H])c7c56)c5c([2H])c([2H])c([2H])c([2H])c45)c([2H])c([2H])c3c2[2H])c([2H])c1[2H]. The molecule has 0 radical (unpaired) electrons. The summed E-state index contributed by atoms with van der Waals surface area (Å²) < 4.78 is 496. The lowest BCUT2D eigenvalue weighted by atomic mass is 9.84. The second-order valence-electron chi connectivity index (χ2n) is 19.5. The molecule has 0 aliphatic rings. The largest absolute Gasteiger partial charge is 0.456 e. The Labute approximate surface area is 595 Å². The molecule has 0 fully saturated rings. The molecule has 2 heteroatoms. The van der Waals surface area contributed by atoms with Crippen LogP contribution >= 0.6 is 0 Å². The third kappa shape index (κ3) is 8.41. The molecule has 0 N–H and O–H groups in total. The van der Waals surface area contributed by atoms with Gasteiger partial charge < -0.3 is 8.83 Å². The van der Waals surface area contributed by atoms with Crippen LogP contribution in [0.5, 0.6) is 0 Å². The van der Waals surface area contributed by atoms with Crippen molar-refractivity contribution in [1.29, 1.82) is 0 Å². The van der Waals surface area contributed by atoms with Gasteiger partial charge in [0.2, 0.25) is 0 Å². The fourth-order valence-electron chi connectivity index (χ4n) is 10.9. The molecule has 2 heterocycles. The summed E-state index contributed by atoms with van der Waals surface area (Å²) in [4.78, 5) is 0. The molecule has 0 aliphatic carbocycles. The summed E-state index contributed by atoms with van der Waals surface area (Å²) >= 11 is 0. The van der Waals surface area contributed by atoms with Gasteiger partial charge in [-0.1, -0.05) is 272 Å². The summed E-state index contributed by atoms with van der Waals surface area (Å²) in [5.41, 5.74) is -11.4. The van der Waals surface area contributed by atoms with Crippen LogP contribution < -0.4 is 0 Å². The maximum absolute atomic E-state index is 9.73. The molecular weight excluding hydrogens is 1090 g/mol. The van der Waals surface area contributed by atoms with Gasteiger partial charge in [0.05, 0.1) is 74.0 Å². The summed E-state index contributed by atoms with van der Waals surface area (Å²) in [5, 5.41) is -11.4. The van der Waals surface area contributed by atoms with Crippen molar-refractivity contribution in [2.75, 3.05) is 0 Å². The van der Waals surface area contributed by atoms with Crippen molar-refractivity contribution in [3.05, 3.63) is 326 Å². The topological polar surface area (TPSA) is 26.3 Å². The molecule has 418 valence electrons. The smallest absolute Gasteiger partial charge is 0.136 e. The summed E-state index contributed by atoms with van der Waals surface area (Å²) in [6.07, 6.45) is 0. The van der Waals surface area contributed by atoms with E-state index in [0.29, 0.717) is 0 Å². The molecule has 19 rings (SSSR count). The molecule has 90 heavy (non-hydrogen) atoms. The first-order valence-corrected chi connectivity index (χ1v) is 26.6. The Morgan fingerprint density at radius 2 is 0.478 bits per heavy atom. The van der Waals surface area contributed by atoms with Gasteiger partial charge >= 0.3 is 0 Å². The average molecular weight is 1200 g/mol. The molecule has 0 saturated carbocycles. The van der Waals surface area contributed by atoms with Gasteiger partial charge in [-0.3, -0.25) is 0 Å². The van der Waals surface area contributed by atoms with Gasteiger partial charge in [-0.05, 0) is 197 Å². The van der Waals surface area contributed by atoms with Crippen LogP contribution in [0.25, 0.3) is 186 Å². The van der Waals surface area contributed by atoms with Crippen molar-refractivity contribution in [3.63, 3.8) is 0 Å². The van der Waals surface area contributed by atoms with Gasteiger partial charge in [0.25, 0.3) is 0 Å². The third-order valence-corrected chi connectivity index (χ3v) is 14.6. The summed E-state index contributed by atoms with van der Waals surface area (Å²) in [5.74, 6) is 0. The maximum Gasteiger partial charge on any atom is 0.136 e. The van der Waals surface area contributed by atoms with E-state index in [1.54, 1.807) is 0 Å². The fraction of sp³-hybridized carbons (Fsp3) is 0. The Morgan fingerprint density at radius 1 is 0.178 bits per heavy atom. The van der Waals surface area contributed by atoms with Gasteiger partial charge in [-0.25, -0.2) is 0 Å². The molecule has 0 aliphatic heterocycles. The average Bonchev–Trinajstić information content (AvgIpc) is 1.23. The van der Waals surface area contributed by atoms with Crippen molar-refractivity contribution in [2.45, 2.75) is 0 Å². The highest BCUT2D eigenvalue weighted by molar-refractivity contribution is 6.28. The lowest BCUT2D eigenvalue weighted by Gasteiger charge is -2.18. The van der Waals surface area contributed by atoms with Crippen LogP contribution in [0.4, 0.5) is 0 Å². The zero-order valence-electron chi connectivity index (χ0n) is 98.8. The molecule has 0 amide bonds. The van der Waals surface area contributed by atoms with E-state index in [9.17, 15) is 27.4 Å². The molecule has 0 atom stereocenters. The predicted octanol–water partition coefficient (Wildman–Crippen LogP) is 25.2. The zero-order chi connectivity index (χ0) is 106. The second-order valence-corrected chi connectivity index (χ2v) is 19.5. The Balaban J connectivity index is 0.000000190. The number of benzene rings is 17. The fourth-order valence-corrected chi connectivity index (χ4v) is 10.9. The monoisotopic (exact) mass is 1200 g/mol. The molecule has 2 aromatic heterocycles. The molecule has 0 unspecified atom stereocenters. The molecule has 0 spiro atoms. The third-order valence-electron chi connectivity index (χ3n) is 14.6. The van der Waals surface area contributed by atoms with E-state index in [1.807, 2.05) is 0 Å². The Bertz CT molecular complexity index is 9260. The highest BCUT2D eigenvalue weighted by Crippen LogP contribution is 2.50. The number of furan rings is 2. The minimum atomic E-state index is -1.06. The van der Waals surface area contributed by atoms with Crippen LogP contribution in [-0.2, 0) is 0 Å².